The van der Waals surface area contributed by atoms with E-state index in [-0.39, 0.29) is 11.9 Å². The first kappa shape index (κ1) is 20.6. The summed E-state index contributed by atoms with van der Waals surface area (Å²) in [6.07, 6.45) is 2.88. The van der Waals surface area contributed by atoms with E-state index >= 15 is 0 Å². The number of amides is 1. The van der Waals surface area contributed by atoms with Gasteiger partial charge in [-0.15, -0.1) is 10.2 Å². The summed E-state index contributed by atoms with van der Waals surface area (Å²) in [6.45, 7) is 7.29. The van der Waals surface area contributed by atoms with Gasteiger partial charge >= 0.3 is 0 Å². The van der Waals surface area contributed by atoms with Crippen molar-refractivity contribution in [3.05, 3.63) is 47.4 Å². The first-order valence-electron chi connectivity index (χ1n) is 11.0. The van der Waals surface area contributed by atoms with Crippen LogP contribution in [0.15, 0.2) is 30.6 Å². The molecule has 0 spiro atoms. The molecule has 9 heteroatoms. The number of hydrogen-bond donors (Lipinski definition) is 0. The van der Waals surface area contributed by atoms with Crippen molar-refractivity contribution in [1.82, 2.24) is 29.6 Å². The Morgan fingerprint density at radius 3 is 2.62 bits per heavy atom. The number of hydrogen-bond acceptors (Lipinski definition) is 7. The second-order valence-corrected chi connectivity index (χ2v) is 8.96. The van der Waals surface area contributed by atoms with E-state index in [1.165, 1.54) is 6.42 Å². The van der Waals surface area contributed by atoms with Crippen LogP contribution in [-0.2, 0) is 13.1 Å². The largest absolute Gasteiger partial charge is 0.356 e. The summed E-state index contributed by atoms with van der Waals surface area (Å²) in [6, 6.07) is 7.86. The smallest absolute Gasteiger partial charge is 0.260 e. The number of nitrogens with zero attached hydrogens (tertiary/aromatic N) is 8. The highest BCUT2D eigenvalue weighted by Gasteiger charge is 2.34. The number of aromatic nitrogens is 5. The fourth-order valence-corrected chi connectivity index (χ4v) is 4.18. The molecule has 0 unspecified atom stereocenters. The number of carbonyl (C=O) groups excluding carboxylic acids is 1. The first-order valence-corrected chi connectivity index (χ1v) is 11.0. The summed E-state index contributed by atoms with van der Waals surface area (Å²) < 4.78 is 1.98. The summed E-state index contributed by atoms with van der Waals surface area (Å²) in [4.78, 5) is 29.3. The highest BCUT2D eigenvalue weighted by molar-refractivity contribution is 6.10. The minimum atomic E-state index is -0.0286. The highest BCUT2D eigenvalue weighted by atomic mass is 16.2. The molecular weight excluding hydrogens is 404 g/mol. The highest BCUT2D eigenvalue weighted by Crippen LogP contribution is 2.33. The van der Waals surface area contributed by atoms with Gasteiger partial charge in [-0.25, -0.2) is 9.97 Å². The topological polar surface area (TPSA) is 83.3 Å². The fourth-order valence-electron chi connectivity index (χ4n) is 4.18. The maximum absolute atomic E-state index is 13.5. The molecule has 0 aromatic carbocycles. The van der Waals surface area contributed by atoms with Crippen LogP contribution in [-0.4, -0.2) is 62.7 Å². The molecule has 5 rings (SSSR count). The maximum Gasteiger partial charge on any atom is 0.260 e. The Balaban J connectivity index is 1.51. The lowest BCUT2D eigenvalue weighted by molar-refractivity contribution is 0.0996. The van der Waals surface area contributed by atoms with Gasteiger partial charge in [-0.1, -0.05) is 6.07 Å². The van der Waals surface area contributed by atoms with Gasteiger partial charge in [0.15, 0.2) is 5.82 Å². The second-order valence-electron chi connectivity index (χ2n) is 8.96. The van der Waals surface area contributed by atoms with Crippen LogP contribution in [0.1, 0.15) is 47.9 Å². The van der Waals surface area contributed by atoms with Crippen LogP contribution < -0.4 is 9.80 Å². The van der Waals surface area contributed by atoms with Crippen molar-refractivity contribution in [2.75, 3.05) is 37.0 Å². The van der Waals surface area contributed by atoms with E-state index in [0.29, 0.717) is 30.4 Å². The molecule has 3 aromatic heterocycles. The van der Waals surface area contributed by atoms with Gasteiger partial charge in [0.2, 0.25) is 0 Å². The van der Waals surface area contributed by atoms with E-state index in [0.717, 1.165) is 35.7 Å². The normalized spacial score (nSPS) is 15.6. The number of carbonyl (C=O) groups is 1. The summed E-state index contributed by atoms with van der Waals surface area (Å²) >= 11 is 0. The van der Waals surface area contributed by atoms with E-state index in [1.54, 1.807) is 11.2 Å². The molecule has 2 aliphatic rings. The quantitative estimate of drug-likeness (QED) is 0.592. The zero-order valence-electron chi connectivity index (χ0n) is 19.0. The third-order valence-corrected chi connectivity index (χ3v) is 6.00. The molecular formula is C23H28N8O. The molecule has 0 aliphatic carbocycles. The summed E-state index contributed by atoms with van der Waals surface area (Å²) in [5.74, 6) is 2.18. The number of pyridine rings is 2. The molecule has 0 radical (unpaired) electrons. The van der Waals surface area contributed by atoms with Crippen LogP contribution >= 0.6 is 0 Å². The van der Waals surface area contributed by atoms with E-state index in [9.17, 15) is 4.79 Å². The summed E-state index contributed by atoms with van der Waals surface area (Å²) in [5, 5.41) is 8.30. The molecule has 0 bridgehead atoms. The van der Waals surface area contributed by atoms with Gasteiger partial charge in [0.1, 0.15) is 23.7 Å². The van der Waals surface area contributed by atoms with Crippen LogP contribution in [0.4, 0.5) is 11.6 Å². The molecule has 32 heavy (non-hydrogen) atoms. The Bertz CT molecular complexity index is 1160. The maximum atomic E-state index is 13.5. The molecule has 1 fully saturated rings. The minimum absolute atomic E-state index is 0.0286. The standard InChI is InChI=1S/C23H28N8O/c1-15(2)31-14-24-27-22(31)18-7-5-8-20(25-18)30-12-17-16(23(30)32)11-21(29-9-6-10-29)26-19(17)13-28(3)4/h5,7-8,11,14-15H,6,9-10,12-13H2,1-4H3. The predicted octanol–water partition coefficient (Wildman–Crippen LogP) is 2.75. The monoisotopic (exact) mass is 432 g/mol. The number of anilines is 2. The lowest BCUT2D eigenvalue weighted by Gasteiger charge is -2.32. The lowest BCUT2D eigenvalue weighted by Crippen LogP contribution is -2.38. The van der Waals surface area contributed by atoms with Crippen molar-refractivity contribution in [1.29, 1.82) is 0 Å². The van der Waals surface area contributed by atoms with Gasteiger partial charge in [0.25, 0.3) is 5.91 Å². The van der Waals surface area contributed by atoms with Crippen molar-refractivity contribution >= 4 is 17.5 Å². The Kier molecular flexibility index (Phi) is 5.13. The van der Waals surface area contributed by atoms with Gasteiger partial charge < -0.3 is 14.4 Å². The Morgan fingerprint density at radius 1 is 1.12 bits per heavy atom. The SMILES string of the molecule is CC(C)n1cnnc1-c1cccc(N2Cc3c(cc(N4CCC4)nc3CN(C)C)C2=O)n1. The third kappa shape index (κ3) is 3.52. The Morgan fingerprint density at radius 2 is 1.94 bits per heavy atom. The minimum Gasteiger partial charge on any atom is -0.356 e. The molecule has 2 aliphatic heterocycles. The van der Waals surface area contributed by atoms with Crippen LogP contribution in [0.2, 0.25) is 0 Å². The van der Waals surface area contributed by atoms with Gasteiger partial charge in [-0.2, -0.15) is 0 Å². The average Bonchev–Trinajstić information content (AvgIpc) is 3.32. The second kappa shape index (κ2) is 7.98. The van der Waals surface area contributed by atoms with Crippen LogP contribution in [0, 0.1) is 0 Å². The zero-order valence-corrected chi connectivity index (χ0v) is 19.0. The summed E-state index contributed by atoms with van der Waals surface area (Å²) in [5.41, 5.74) is 3.38. The van der Waals surface area contributed by atoms with Crippen molar-refractivity contribution < 1.29 is 4.79 Å². The molecule has 0 atom stereocenters. The van der Waals surface area contributed by atoms with Crippen LogP contribution in [0.25, 0.3) is 11.5 Å². The van der Waals surface area contributed by atoms with Crippen molar-refractivity contribution in [2.24, 2.45) is 0 Å². The van der Waals surface area contributed by atoms with Gasteiger partial charge in [-0.3, -0.25) is 9.69 Å². The summed E-state index contributed by atoms with van der Waals surface area (Å²) in [7, 11) is 4.05. The van der Waals surface area contributed by atoms with Crippen LogP contribution in [0.5, 0.6) is 0 Å². The van der Waals surface area contributed by atoms with Gasteiger partial charge in [0.05, 0.1) is 17.8 Å². The molecule has 166 valence electrons. The molecule has 0 N–H and O–H groups in total. The molecule has 1 saturated heterocycles. The number of rotatable bonds is 6. The molecule has 5 heterocycles. The average molecular weight is 433 g/mol. The molecule has 9 nitrogen and oxygen atoms in total. The van der Waals surface area contributed by atoms with Gasteiger partial charge in [0, 0.05) is 31.2 Å². The predicted molar refractivity (Wildman–Crippen MR) is 123 cm³/mol. The fraction of sp³-hybridized carbons (Fsp3) is 0.435. The first-order chi connectivity index (χ1) is 15.4. The zero-order chi connectivity index (χ0) is 22.4. The van der Waals surface area contributed by atoms with Crippen molar-refractivity contribution in [3.63, 3.8) is 0 Å². The van der Waals surface area contributed by atoms with E-state index < -0.39 is 0 Å². The van der Waals surface area contributed by atoms with Crippen molar-refractivity contribution in [2.45, 2.75) is 39.4 Å². The molecule has 0 saturated carbocycles. The van der Waals surface area contributed by atoms with E-state index in [4.69, 9.17) is 9.97 Å². The van der Waals surface area contributed by atoms with Crippen LogP contribution in [0.3, 0.4) is 0 Å². The third-order valence-electron chi connectivity index (χ3n) is 6.00. The van der Waals surface area contributed by atoms with E-state index in [1.807, 2.05) is 42.9 Å². The Hall–Kier alpha value is -3.33. The Labute approximate surface area is 187 Å². The van der Waals surface area contributed by atoms with E-state index in [2.05, 4.69) is 33.8 Å². The molecule has 1 amide bonds. The van der Waals surface area contributed by atoms with Gasteiger partial charge in [-0.05, 0) is 52.6 Å². The van der Waals surface area contributed by atoms with Crippen molar-refractivity contribution in [3.8, 4) is 11.5 Å². The number of fused-ring (bicyclic) bond motifs is 1. The lowest BCUT2D eigenvalue weighted by atomic mass is 10.1. The molecule has 3 aromatic rings.